The molecule has 3 rings (SSSR count). The molecule has 0 spiro atoms. The lowest BCUT2D eigenvalue weighted by Gasteiger charge is -2.02. The van der Waals surface area contributed by atoms with Gasteiger partial charge in [-0.2, -0.15) is 0 Å². The van der Waals surface area contributed by atoms with E-state index in [4.69, 9.17) is 0 Å². The van der Waals surface area contributed by atoms with Gasteiger partial charge in [0.2, 0.25) is 0 Å². The van der Waals surface area contributed by atoms with Crippen LogP contribution in [-0.2, 0) is 7.05 Å². The standard InChI is InChI=1S/C11H17N3/c1-14-7-12-6-11(14)10-4-8(10)5-13-9-2-3-9/h6-10,13H,2-5H2,1H3. The molecule has 2 saturated carbocycles. The Morgan fingerprint density at radius 1 is 1.57 bits per heavy atom. The molecule has 0 aromatic carbocycles. The van der Waals surface area contributed by atoms with Crippen molar-refractivity contribution in [3.63, 3.8) is 0 Å². The van der Waals surface area contributed by atoms with E-state index in [1.165, 1.54) is 31.5 Å². The summed E-state index contributed by atoms with van der Waals surface area (Å²) < 4.78 is 2.15. The fourth-order valence-corrected chi connectivity index (χ4v) is 2.17. The van der Waals surface area contributed by atoms with Gasteiger partial charge in [-0.1, -0.05) is 0 Å². The summed E-state index contributed by atoms with van der Waals surface area (Å²) in [5.74, 6) is 1.64. The summed E-state index contributed by atoms with van der Waals surface area (Å²) in [6.45, 7) is 1.21. The van der Waals surface area contributed by atoms with Crippen molar-refractivity contribution in [1.29, 1.82) is 0 Å². The van der Waals surface area contributed by atoms with Crippen LogP contribution in [0.3, 0.4) is 0 Å². The van der Waals surface area contributed by atoms with E-state index in [-0.39, 0.29) is 0 Å². The van der Waals surface area contributed by atoms with E-state index in [2.05, 4.69) is 21.9 Å². The van der Waals surface area contributed by atoms with Crippen molar-refractivity contribution < 1.29 is 0 Å². The molecule has 1 heterocycles. The molecule has 3 heteroatoms. The Morgan fingerprint density at radius 3 is 3.07 bits per heavy atom. The normalized spacial score (nSPS) is 30.6. The molecule has 0 radical (unpaired) electrons. The Balaban J connectivity index is 1.54. The van der Waals surface area contributed by atoms with E-state index in [1.807, 2.05) is 12.5 Å². The van der Waals surface area contributed by atoms with E-state index in [0.29, 0.717) is 0 Å². The molecule has 1 aromatic heterocycles. The average molecular weight is 191 g/mol. The van der Waals surface area contributed by atoms with Crippen LogP contribution in [0.5, 0.6) is 0 Å². The quantitative estimate of drug-likeness (QED) is 0.777. The van der Waals surface area contributed by atoms with E-state index in [9.17, 15) is 0 Å². The highest BCUT2D eigenvalue weighted by atomic mass is 15.0. The van der Waals surface area contributed by atoms with Crippen LogP contribution in [0, 0.1) is 5.92 Å². The van der Waals surface area contributed by atoms with Crippen LogP contribution in [0.15, 0.2) is 12.5 Å². The predicted molar refractivity (Wildman–Crippen MR) is 55.1 cm³/mol. The predicted octanol–water partition coefficient (Wildman–Crippen LogP) is 1.28. The van der Waals surface area contributed by atoms with Crippen molar-refractivity contribution in [2.75, 3.05) is 6.54 Å². The first kappa shape index (κ1) is 8.48. The Labute approximate surface area is 84.5 Å². The fourth-order valence-electron chi connectivity index (χ4n) is 2.17. The molecule has 14 heavy (non-hydrogen) atoms. The van der Waals surface area contributed by atoms with Gasteiger partial charge < -0.3 is 9.88 Å². The lowest BCUT2D eigenvalue weighted by atomic mass is 10.2. The SMILES string of the molecule is Cn1cncc1C1CC1CNC1CC1. The van der Waals surface area contributed by atoms with Gasteiger partial charge in [-0.25, -0.2) is 4.98 Å². The molecule has 0 saturated heterocycles. The van der Waals surface area contributed by atoms with Crippen LogP contribution in [0.1, 0.15) is 30.9 Å². The highest BCUT2D eigenvalue weighted by molar-refractivity contribution is 5.16. The van der Waals surface area contributed by atoms with Gasteiger partial charge in [0.15, 0.2) is 0 Å². The van der Waals surface area contributed by atoms with Crippen molar-refractivity contribution in [3.8, 4) is 0 Å². The highest BCUT2D eigenvalue weighted by Gasteiger charge is 2.40. The summed E-state index contributed by atoms with van der Waals surface area (Å²) in [5, 5.41) is 3.60. The molecule has 2 unspecified atom stereocenters. The van der Waals surface area contributed by atoms with Gasteiger partial charge in [0.1, 0.15) is 0 Å². The number of aryl methyl sites for hydroxylation is 1. The van der Waals surface area contributed by atoms with Crippen LogP contribution < -0.4 is 5.32 Å². The molecule has 1 N–H and O–H groups in total. The van der Waals surface area contributed by atoms with E-state index >= 15 is 0 Å². The van der Waals surface area contributed by atoms with Crippen molar-refractivity contribution in [1.82, 2.24) is 14.9 Å². The van der Waals surface area contributed by atoms with Gasteiger partial charge in [0, 0.05) is 30.9 Å². The molecule has 2 atom stereocenters. The number of aromatic nitrogens is 2. The van der Waals surface area contributed by atoms with Crippen molar-refractivity contribution in [2.45, 2.75) is 31.2 Å². The summed E-state index contributed by atoms with van der Waals surface area (Å²) in [7, 11) is 2.09. The molecule has 0 amide bonds. The molecule has 1 aromatic rings. The monoisotopic (exact) mass is 191 g/mol. The zero-order valence-electron chi connectivity index (χ0n) is 8.61. The van der Waals surface area contributed by atoms with Crippen LogP contribution in [0.2, 0.25) is 0 Å². The molecule has 2 fully saturated rings. The Bertz CT molecular complexity index is 327. The third kappa shape index (κ3) is 1.57. The molecule has 0 aliphatic heterocycles. The molecular formula is C11H17N3. The molecule has 2 aliphatic rings. The minimum Gasteiger partial charge on any atom is -0.337 e. The largest absolute Gasteiger partial charge is 0.337 e. The second-order valence-electron chi connectivity index (χ2n) is 4.71. The number of hydrogen-bond acceptors (Lipinski definition) is 2. The van der Waals surface area contributed by atoms with E-state index < -0.39 is 0 Å². The van der Waals surface area contributed by atoms with Crippen LogP contribution in [0.25, 0.3) is 0 Å². The van der Waals surface area contributed by atoms with Gasteiger partial charge in [0.05, 0.1) is 6.33 Å². The minimum atomic E-state index is 0.772. The van der Waals surface area contributed by atoms with Gasteiger partial charge in [-0.3, -0.25) is 0 Å². The zero-order valence-corrected chi connectivity index (χ0v) is 8.61. The second kappa shape index (κ2) is 3.09. The first-order valence-corrected chi connectivity index (χ1v) is 5.54. The maximum atomic E-state index is 4.17. The van der Waals surface area contributed by atoms with Crippen molar-refractivity contribution in [2.24, 2.45) is 13.0 Å². The lowest BCUT2D eigenvalue weighted by Crippen LogP contribution is -2.19. The van der Waals surface area contributed by atoms with Gasteiger partial charge in [-0.15, -0.1) is 0 Å². The third-order valence-corrected chi connectivity index (χ3v) is 3.40. The van der Waals surface area contributed by atoms with Crippen LogP contribution in [0.4, 0.5) is 0 Å². The van der Waals surface area contributed by atoms with Crippen molar-refractivity contribution >= 4 is 0 Å². The van der Waals surface area contributed by atoms with Gasteiger partial charge in [0.25, 0.3) is 0 Å². The maximum absolute atomic E-state index is 4.17. The van der Waals surface area contributed by atoms with Crippen LogP contribution >= 0.6 is 0 Å². The lowest BCUT2D eigenvalue weighted by molar-refractivity contribution is 0.617. The average Bonchev–Trinajstić information content (AvgIpc) is 3.07. The minimum absolute atomic E-state index is 0.772. The number of nitrogens with one attached hydrogen (secondary N) is 1. The summed E-state index contributed by atoms with van der Waals surface area (Å²) in [5.41, 5.74) is 1.41. The van der Waals surface area contributed by atoms with Gasteiger partial charge in [-0.05, 0) is 31.7 Å². The molecular weight excluding hydrogens is 174 g/mol. The first-order chi connectivity index (χ1) is 6.84. The number of hydrogen-bond donors (Lipinski definition) is 1. The highest BCUT2D eigenvalue weighted by Crippen LogP contribution is 2.46. The molecule has 0 bridgehead atoms. The smallest absolute Gasteiger partial charge is 0.0945 e. The Kier molecular flexibility index (Phi) is 1.87. The number of nitrogens with zero attached hydrogens (tertiary/aromatic N) is 2. The van der Waals surface area contributed by atoms with Crippen LogP contribution in [-0.4, -0.2) is 22.1 Å². The molecule has 76 valence electrons. The third-order valence-electron chi connectivity index (χ3n) is 3.40. The fraction of sp³-hybridized carbons (Fsp3) is 0.727. The zero-order chi connectivity index (χ0) is 9.54. The molecule has 3 nitrogen and oxygen atoms in total. The summed E-state index contributed by atoms with van der Waals surface area (Å²) in [6.07, 6.45) is 8.05. The summed E-state index contributed by atoms with van der Waals surface area (Å²) in [4.78, 5) is 4.17. The van der Waals surface area contributed by atoms with Gasteiger partial charge >= 0.3 is 0 Å². The van der Waals surface area contributed by atoms with E-state index in [1.54, 1.807) is 0 Å². The topological polar surface area (TPSA) is 29.9 Å². The van der Waals surface area contributed by atoms with E-state index in [0.717, 1.165) is 17.9 Å². The summed E-state index contributed by atoms with van der Waals surface area (Å²) >= 11 is 0. The number of rotatable bonds is 4. The molecule has 2 aliphatic carbocycles. The van der Waals surface area contributed by atoms with Crippen molar-refractivity contribution in [3.05, 3.63) is 18.2 Å². The first-order valence-electron chi connectivity index (χ1n) is 5.54. The summed E-state index contributed by atoms with van der Waals surface area (Å²) in [6, 6.07) is 0.850. The second-order valence-corrected chi connectivity index (χ2v) is 4.71. The number of imidazole rings is 1. The Hall–Kier alpha value is -0.830. The maximum Gasteiger partial charge on any atom is 0.0945 e. The Morgan fingerprint density at radius 2 is 2.43 bits per heavy atom.